The van der Waals surface area contributed by atoms with Gasteiger partial charge in [0.05, 0.1) is 21.9 Å². The van der Waals surface area contributed by atoms with Crippen molar-refractivity contribution in [3.05, 3.63) is 309 Å². The fourth-order valence-corrected chi connectivity index (χ4v) is 15.8. The molecule has 0 atom stereocenters. The number of benzene rings is 11. The van der Waals surface area contributed by atoms with Gasteiger partial charge in [-0.3, -0.25) is 0 Å². The average Bonchev–Trinajstić information content (AvgIpc) is 2.59. The van der Waals surface area contributed by atoms with Crippen molar-refractivity contribution < 1.29 is 0 Å². The zero-order valence-electron chi connectivity index (χ0n) is 48.8. The lowest BCUT2D eigenvalue weighted by molar-refractivity contribution is 0.593. The van der Waals surface area contributed by atoms with E-state index >= 15 is 0 Å². The van der Waals surface area contributed by atoms with Crippen molar-refractivity contribution in [1.82, 2.24) is 9.13 Å². The highest BCUT2D eigenvalue weighted by atomic mass is 15.0. The lowest BCUT2D eigenvalue weighted by Crippen LogP contribution is -2.28. The second-order valence-electron chi connectivity index (χ2n) is 25.7. The third-order valence-electron chi connectivity index (χ3n) is 19.3. The summed E-state index contributed by atoms with van der Waals surface area (Å²) in [5, 5.41) is 7.93. The van der Waals surface area contributed by atoms with Gasteiger partial charge in [-0.05, 0) is 198 Å². The number of aromatic nitrogens is 2. The average molecular weight is 1060 g/mol. The van der Waals surface area contributed by atoms with Crippen molar-refractivity contribution in [2.75, 3.05) is 0 Å². The summed E-state index contributed by atoms with van der Waals surface area (Å²) in [5.74, 6) is 0. The van der Waals surface area contributed by atoms with E-state index in [-0.39, 0.29) is 10.8 Å². The van der Waals surface area contributed by atoms with Crippen molar-refractivity contribution in [2.24, 2.45) is 0 Å². The third kappa shape index (κ3) is 6.76. The van der Waals surface area contributed by atoms with Gasteiger partial charge >= 0.3 is 0 Å². The van der Waals surface area contributed by atoms with Crippen molar-refractivity contribution in [3.8, 4) is 33.6 Å². The molecule has 2 aromatic heterocycles. The minimum atomic E-state index is -0.495. The van der Waals surface area contributed by atoms with Crippen molar-refractivity contribution in [1.29, 1.82) is 0 Å². The number of hydrogen-bond donors (Lipinski definition) is 0. The molecule has 0 spiro atoms. The summed E-state index contributed by atoms with van der Waals surface area (Å²) in [6, 6.07) is 87.8. The number of fused-ring (bicyclic) bond motifs is 10. The molecular weight excluding hydrogens is 989 g/mol. The van der Waals surface area contributed by atoms with Crippen LogP contribution in [0.3, 0.4) is 0 Å². The summed E-state index contributed by atoms with van der Waals surface area (Å²) in [7, 11) is 0. The van der Waals surface area contributed by atoms with E-state index in [1.54, 1.807) is 0 Å². The van der Waals surface area contributed by atoms with Crippen LogP contribution >= 0.6 is 0 Å². The Hall–Kier alpha value is -8.98. The van der Waals surface area contributed by atoms with Crippen LogP contribution in [0.15, 0.2) is 231 Å². The van der Waals surface area contributed by atoms with Crippen LogP contribution in [0.1, 0.15) is 120 Å². The highest BCUT2D eigenvalue weighted by Gasteiger charge is 2.48. The summed E-state index contributed by atoms with van der Waals surface area (Å²) >= 11 is 0. The lowest BCUT2D eigenvalue weighted by Gasteiger charge is -2.34. The molecule has 0 aliphatic heterocycles. The second-order valence-corrected chi connectivity index (χ2v) is 25.7. The van der Waals surface area contributed by atoms with Gasteiger partial charge in [0.15, 0.2) is 0 Å². The number of aryl methyl sites for hydroxylation is 2. The Labute approximate surface area is 483 Å². The van der Waals surface area contributed by atoms with E-state index in [0.717, 1.165) is 0 Å². The Balaban J connectivity index is 0.981. The number of hydrogen-bond acceptors (Lipinski definition) is 0. The molecule has 0 amide bonds. The van der Waals surface area contributed by atoms with E-state index in [4.69, 9.17) is 0 Å². The van der Waals surface area contributed by atoms with E-state index in [2.05, 4.69) is 309 Å². The molecule has 398 valence electrons. The maximum absolute atomic E-state index is 2.57. The molecule has 0 bridgehead atoms. The van der Waals surface area contributed by atoms with Crippen molar-refractivity contribution in [2.45, 2.75) is 90.9 Å². The summed E-state index contributed by atoms with van der Waals surface area (Å²) in [4.78, 5) is 0. The number of rotatable bonds is 6. The molecule has 82 heavy (non-hydrogen) atoms. The van der Waals surface area contributed by atoms with E-state index in [1.807, 2.05) is 0 Å². The van der Waals surface area contributed by atoms with Crippen LogP contribution in [0.2, 0.25) is 0 Å². The molecular formula is C80H68N2. The van der Waals surface area contributed by atoms with Gasteiger partial charge in [0, 0.05) is 33.5 Å². The minimum Gasteiger partial charge on any atom is -0.314 e. The monoisotopic (exact) mass is 1060 g/mol. The molecule has 2 heterocycles. The maximum atomic E-state index is 2.57. The predicted octanol–water partition coefficient (Wildman–Crippen LogP) is 20.4. The SMILES string of the molecule is Cc1c(C)n(-c2ccc3c(c2)C(c2ccccc2)(c2ccccc2)c2ccccc2-3)c2cc3c(C(C)(C)C)c4cc5c(C)c(C)n(-c6ccc7c(c6)C(c6ccccc6)(c6ccccc6)c6ccccc6-7)c5cc4c(C(C)(C)C)c3cc12. The molecule has 0 fully saturated rings. The molecule has 15 rings (SSSR count). The molecule has 0 saturated heterocycles. The van der Waals surface area contributed by atoms with Crippen LogP contribution in [-0.2, 0) is 21.7 Å². The normalized spacial score (nSPS) is 14.2. The van der Waals surface area contributed by atoms with Gasteiger partial charge in [-0.25, -0.2) is 0 Å². The van der Waals surface area contributed by atoms with Crippen molar-refractivity contribution in [3.63, 3.8) is 0 Å². The Morgan fingerprint density at radius 2 is 0.573 bits per heavy atom. The van der Waals surface area contributed by atoms with E-state index < -0.39 is 10.8 Å². The molecule has 2 heteroatoms. The third-order valence-corrected chi connectivity index (χ3v) is 19.3. The van der Waals surface area contributed by atoms with Gasteiger partial charge in [0.1, 0.15) is 0 Å². The van der Waals surface area contributed by atoms with Gasteiger partial charge in [0.2, 0.25) is 0 Å². The molecule has 0 unspecified atom stereocenters. The molecule has 11 aromatic carbocycles. The first kappa shape index (κ1) is 50.0. The quantitative estimate of drug-likeness (QED) is 0.147. The molecule has 13 aromatic rings. The lowest BCUT2D eigenvalue weighted by atomic mass is 9.67. The zero-order chi connectivity index (χ0) is 56.2. The fourth-order valence-electron chi connectivity index (χ4n) is 15.8. The van der Waals surface area contributed by atoms with Gasteiger partial charge in [-0.2, -0.15) is 0 Å². The smallest absolute Gasteiger partial charge is 0.0714 e. The highest BCUT2D eigenvalue weighted by molar-refractivity contribution is 6.15. The Bertz CT molecular complexity index is 4380. The van der Waals surface area contributed by atoms with Gasteiger partial charge in [0.25, 0.3) is 0 Å². The Morgan fingerprint density at radius 1 is 0.280 bits per heavy atom. The first-order valence-corrected chi connectivity index (χ1v) is 29.4. The van der Waals surface area contributed by atoms with E-state index in [1.165, 1.54) is 155 Å². The topological polar surface area (TPSA) is 9.86 Å². The molecule has 2 nitrogen and oxygen atoms in total. The highest BCUT2D eigenvalue weighted by Crippen LogP contribution is 2.59. The summed E-state index contributed by atoms with van der Waals surface area (Å²) in [6.07, 6.45) is 0. The molecule has 0 N–H and O–H groups in total. The van der Waals surface area contributed by atoms with Gasteiger partial charge in [-0.1, -0.05) is 224 Å². The van der Waals surface area contributed by atoms with Crippen LogP contribution < -0.4 is 0 Å². The van der Waals surface area contributed by atoms with Crippen molar-refractivity contribution >= 4 is 43.4 Å². The Morgan fingerprint density at radius 3 is 0.902 bits per heavy atom. The standard InChI is InChI=1S/C80H68N2/c1-49-51(3)81(57-39-41-61-59-35-23-25-37-69(59)79(71(61)43-57,53-27-15-11-16-28-53)54-29-17-12-18-30-54)73-47-67-65(45-63(49)73)75(77(5,6)7)68-48-74-64(46-66(68)76(67)78(8,9)10)50(2)52(4)82(74)58-40-42-62-60-36-24-26-38-70(60)80(72(62)44-58,55-31-19-13-20-32-55)56-33-21-14-22-34-56/h11-48H,1-10H3. The first-order valence-electron chi connectivity index (χ1n) is 29.4. The summed E-state index contributed by atoms with van der Waals surface area (Å²) < 4.78 is 5.13. The summed E-state index contributed by atoms with van der Waals surface area (Å²) in [5.41, 5.74) is 27.0. The summed E-state index contributed by atoms with van der Waals surface area (Å²) in [6.45, 7) is 23.9. The van der Waals surface area contributed by atoms with Gasteiger partial charge < -0.3 is 9.13 Å². The molecule has 2 aliphatic rings. The molecule has 0 radical (unpaired) electrons. The molecule has 2 aliphatic carbocycles. The predicted molar refractivity (Wildman–Crippen MR) is 346 cm³/mol. The van der Waals surface area contributed by atoms with Crippen LogP contribution in [0.5, 0.6) is 0 Å². The zero-order valence-corrected chi connectivity index (χ0v) is 48.8. The molecule has 0 saturated carbocycles. The maximum Gasteiger partial charge on any atom is 0.0714 e. The second kappa shape index (κ2) is 17.8. The van der Waals surface area contributed by atoms with Crippen LogP contribution in [-0.4, -0.2) is 9.13 Å². The van der Waals surface area contributed by atoms with Crippen LogP contribution in [0, 0.1) is 27.7 Å². The largest absolute Gasteiger partial charge is 0.314 e. The minimum absolute atomic E-state index is 0.196. The first-order chi connectivity index (χ1) is 39.6. The fraction of sp³-hybridized carbons (Fsp3) is 0.175. The number of nitrogens with zero attached hydrogens (tertiary/aromatic N) is 2. The van der Waals surface area contributed by atoms with E-state index in [9.17, 15) is 0 Å². The van der Waals surface area contributed by atoms with Gasteiger partial charge in [-0.15, -0.1) is 0 Å². The Kier molecular flexibility index (Phi) is 10.8. The van der Waals surface area contributed by atoms with Crippen LogP contribution in [0.25, 0.3) is 77.0 Å². The van der Waals surface area contributed by atoms with E-state index in [0.29, 0.717) is 0 Å². The van der Waals surface area contributed by atoms with Crippen LogP contribution in [0.4, 0.5) is 0 Å².